The molecule has 0 aliphatic rings. The second kappa shape index (κ2) is 15.4. The predicted octanol–water partition coefficient (Wildman–Crippen LogP) is 5.27. The first-order valence-electron chi connectivity index (χ1n) is 13.1. The first-order chi connectivity index (χ1) is 17.6. The maximum Gasteiger partial charge on any atom is 0.251 e. The van der Waals surface area contributed by atoms with Crippen molar-refractivity contribution in [3.8, 4) is 0 Å². The van der Waals surface area contributed by atoms with Crippen molar-refractivity contribution in [1.82, 2.24) is 10.6 Å². The number of hydrogen-bond donors (Lipinski definition) is 4. The summed E-state index contributed by atoms with van der Waals surface area (Å²) in [7, 11) is 0. The molecule has 8 heteroatoms. The summed E-state index contributed by atoms with van der Waals surface area (Å²) in [5, 5.41) is 11.4. The van der Waals surface area contributed by atoms with Gasteiger partial charge in [-0.15, -0.1) is 0 Å². The molecule has 0 heterocycles. The smallest absolute Gasteiger partial charge is 0.251 e. The van der Waals surface area contributed by atoms with Gasteiger partial charge in [0.2, 0.25) is 11.8 Å². The molecular formula is C29H40N4O4. The summed E-state index contributed by atoms with van der Waals surface area (Å²) < 4.78 is 0. The molecule has 37 heavy (non-hydrogen) atoms. The van der Waals surface area contributed by atoms with Crippen molar-refractivity contribution in [3.05, 3.63) is 59.7 Å². The zero-order chi connectivity index (χ0) is 27.2. The van der Waals surface area contributed by atoms with Gasteiger partial charge in [0.25, 0.3) is 11.8 Å². The van der Waals surface area contributed by atoms with Crippen molar-refractivity contribution in [2.75, 3.05) is 10.6 Å². The fraction of sp³-hybridized carbons (Fsp3) is 0.448. The molecule has 4 amide bonds. The van der Waals surface area contributed by atoms with Crippen LogP contribution in [0.3, 0.4) is 0 Å². The molecule has 0 bridgehead atoms. The van der Waals surface area contributed by atoms with Gasteiger partial charge in [0.05, 0.1) is 0 Å². The summed E-state index contributed by atoms with van der Waals surface area (Å²) >= 11 is 0. The number of benzene rings is 2. The van der Waals surface area contributed by atoms with Gasteiger partial charge in [0.15, 0.2) is 0 Å². The molecule has 0 aromatic heterocycles. The second-order valence-corrected chi connectivity index (χ2v) is 9.78. The van der Waals surface area contributed by atoms with Crippen molar-refractivity contribution >= 4 is 35.0 Å². The lowest BCUT2D eigenvalue weighted by atomic mass is 10.1. The highest BCUT2D eigenvalue weighted by molar-refractivity contribution is 5.96. The molecule has 2 aromatic rings. The number of amides is 4. The van der Waals surface area contributed by atoms with Gasteiger partial charge in [-0.2, -0.15) is 0 Å². The Morgan fingerprint density at radius 1 is 0.541 bits per heavy atom. The molecule has 8 nitrogen and oxygen atoms in total. The van der Waals surface area contributed by atoms with Gasteiger partial charge < -0.3 is 21.3 Å². The molecule has 2 aromatic carbocycles. The van der Waals surface area contributed by atoms with Crippen LogP contribution in [-0.4, -0.2) is 35.7 Å². The van der Waals surface area contributed by atoms with Crippen LogP contribution in [0.15, 0.2) is 48.5 Å². The third kappa shape index (κ3) is 11.7. The molecule has 0 radical (unpaired) electrons. The number of rotatable bonds is 14. The van der Waals surface area contributed by atoms with Crippen LogP contribution in [0, 0.1) is 0 Å². The van der Waals surface area contributed by atoms with Crippen LogP contribution >= 0.6 is 0 Å². The summed E-state index contributed by atoms with van der Waals surface area (Å²) in [5.41, 5.74) is 2.46. The molecule has 0 aliphatic heterocycles. The molecule has 0 spiro atoms. The minimum atomic E-state index is -0.132. The lowest BCUT2D eigenvalue weighted by Gasteiger charge is -2.10. The number of hydrogen-bond acceptors (Lipinski definition) is 4. The van der Waals surface area contributed by atoms with E-state index in [4.69, 9.17) is 0 Å². The lowest BCUT2D eigenvalue weighted by molar-refractivity contribution is -0.117. The van der Waals surface area contributed by atoms with Crippen molar-refractivity contribution in [2.24, 2.45) is 0 Å². The molecule has 4 N–H and O–H groups in total. The first kappa shape index (κ1) is 29.5. The zero-order valence-corrected chi connectivity index (χ0v) is 22.4. The molecule has 2 rings (SSSR count). The average molecular weight is 509 g/mol. The van der Waals surface area contributed by atoms with E-state index in [9.17, 15) is 19.2 Å². The fourth-order valence-electron chi connectivity index (χ4n) is 3.65. The van der Waals surface area contributed by atoms with Gasteiger partial charge in [0.1, 0.15) is 0 Å². The molecule has 0 saturated carbocycles. The first-order valence-corrected chi connectivity index (χ1v) is 13.1. The van der Waals surface area contributed by atoms with Crippen LogP contribution < -0.4 is 21.3 Å². The monoisotopic (exact) mass is 508 g/mol. The van der Waals surface area contributed by atoms with Crippen molar-refractivity contribution in [1.29, 1.82) is 0 Å². The lowest BCUT2D eigenvalue weighted by Crippen LogP contribution is -2.30. The molecule has 200 valence electrons. The van der Waals surface area contributed by atoms with Crippen LogP contribution in [0.1, 0.15) is 93.4 Å². The van der Waals surface area contributed by atoms with Gasteiger partial charge in [-0.3, -0.25) is 19.2 Å². The minimum absolute atomic E-state index is 0.0496. The van der Waals surface area contributed by atoms with Gasteiger partial charge >= 0.3 is 0 Å². The predicted molar refractivity (Wildman–Crippen MR) is 148 cm³/mol. The maximum atomic E-state index is 12.2. The highest BCUT2D eigenvalue weighted by atomic mass is 16.2. The highest BCUT2D eigenvalue weighted by Crippen LogP contribution is 2.14. The van der Waals surface area contributed by atoms with E-state index in [-0.39, 0.29) is 35.7 Å². The van der Waals surface area contributed by atoms with E-state index in [1.807, 2.05) is 27.7 Å². The number of carbonyl (C=O) groups is 4. The maximum absolute atomic E-state index is 12.2. The molecule has 0 aliphatic carbocycles. The molecule has 0 unspecified atom stereocenters. The number of unbranched alkanes of at least 4 members (excludes halogenated alkanes) is 4. The Bertz CT molecular complexity index is 947. The number of anilines is 2. The summed E-state index contributed by atoms with van der Waals surface area (Å²) in [5.74, 6) is -0.364. The Kier molecular flexibility index (Phi) is 12.3. The largest absolute Gasteiger partial charge is 0.350 e. The third-order valence-electron chi connectivity index (χ3n) is 5.51. The molecule has 0 saturated heterocycles. The van der Waals surface area contributed by atoms with E-state index >= 15 is 0 Å². The third-order valence-corrected chi connectivity index (χ3v) is 5.51. The number of nitrogens with one attached hydrogen (secondary N) is 4. The van der Waals surface area contributed by atoms with Crippen LogP contribution in [0.5, 0.6) is 0 Å². The Labute approximate surface area is 220 Å². The van der Waals surface area contributed by atoms with Crippen molar-refractivity contribution in [3.63, 3.8) is 0 Å². The Morgan fingerprint density at radius 3 is 1.19 bits per heavy atom. The second-order valence-electron chi connectivity index (χ2n) is 9.78. The topological polar surface area (TPSA) is 116 Å². The summed E-state index contributed by atoms with van der Waals surface area (Å²) in [6, 6.07) is 13.9. The Hall–Kier alpha value is -3.68. The van der Waals surface area contributed by atoms with Crippen LogP contribution in [0.2, 0.25) is 0 Å². The molecule has 0 fully saturated rings. The highest BCUT2D eigenvalue weighted by Gasteiger charge is 2.09. The van der Waals surface area contributed by atoms with E-state index in [0.29, 0.717) is 35.3 Å². The van der Waals surface area contributed by atoms with Gasteiger partial charge in [-0.25, -0.2) is 0 Å². The zero-order valence-electron chi connectivity index (χ0n) is 22.4. The average Bonchev–Trinajstić information content (AvgIpc) is 2.83. The van der Waals surface area contributed by atoms with Crippen LogP contribution in [0.4, 0.5) is 11.4 Å². The SMILES string of the molecule is CC(C)NC(=O)c1ccc(NC(=O)CCCCCCCC(=O)Nc2ccc(C(=O)NC(C)C)cc2)cc1. The quantitative estimate of drug-likeness (QED) is 0.260. The van der Waals surface area contributed by atoms with Gasteiger partial charge in [-0.1, -0.05) is 19.3 Å². The number of carbonyl (C=O) groups excluding carboxylic acids is 4. The summed E-state index contributed by atoms with van der Waals surface area (Å²) in [6.45, 7) is 7.62. The van der Waals surface area contributed by atoms with Crippen molar-refractivity contribution < 1.29 is 19.2 Å². The van der Waals surface area contributed by atoms with Gasteiger partial charge in [0, 0.05) is 47.4 Å². The van der Waals surface area contributed by atoms with Crippen LogP contribution in [-0.2, 0) is 9.59 Å². The molecular weight excluding hydrogens is 468 g/mol. The van der Waals surface area contributed by atoms with E-state index in [1.165, 1.54) is 0 Å². The fourth-order valence-corrected chi connectivity index (χ4v) is 3.65. The van der Waals surface area contributed by atoms with E-state index in [1.54, 1.807) is 48.5 Å². The van der Waals surface area contributed by atoms with Gasteiger partial charge in [-0.05, 0) is 89.1 Å². The standard InChI is InChI=1S/C29H40N4O4/c1-20(2)30-28(36)22-12-16-24(17-13-22)32-26(34)10-8-6-5-7-9-11-27(35)33-25-18-14-23(15-19-25)29(37)31-21(3)4/h12-21H,5-11H2,1-4H3,(H,30,36)(H,31,37)(H,32,34)(H,33,35). The van der Waals surface area contributed by atoms with E-state index in [0.717, 1.165) is 32.1 Å². The van der Waals surface area contributed by atoms with Crippen LogP contribution in [0.25, 0.3) is 0 Å². The Balaban J connectivity index is 1.56. The van der Waals surface area contributed by atoms with E-state index in [2.05, 4.69) is 21.3 Å². The summed E-state index contributed by atoms with van der Waals surface area (Å²) in [4.78, 5) is 48.3. The normalized spacial score (nSPS) is 10.8. The van der Waals surface area contributed by atoms with E-state index < -0.39 is 0 Å². The Morgan fingerprint density at radius 2 is 0.865 bits per heavy atom. The van der Waals surface area contributed by atoms with Crippen molar-refractivity contribution in [2.45, 2.75) is 84.7 Å². The summed E-state index contributed by atoms with van der Waals surface area (Å²) in [6.07, 6.45) is 5.22. The molecule has 0 atom stereocenters. The minimum Gasteiger partial charge on any atom is -0.350 e.